The molecule has 0 radical (unpaired) electrons. The SMILES string of the molecule is COc1cc(-c2cn(C)c(=O)c3[nH]ncc23)cc(OC)c1CC1CCN(C)CC1. The Kier molecular flexibility index (Phi) is 5.32. The van der Waals surface area contributed by atoms with Crippen molar-refractivity contribution in [1.29, 1.82) is 0 Å². The highest BCUT2D eigenvalue weighted by atomic mass is 16.5. The van der Waals surface area contributed by atoms with Crippen LogP contribution in [0.4, 0.5) is 0 Å². The zero-order valence-corrected chi connectivity index (χ0v) is 17.5. The first-order valence-corrected chi connectivity index (χ1v) is 9.98. The maximum Gasteiger partial charge on any atom is 0.276 e. The van der Waals surface area contributed by atoms with Gasteiger partial charge in [0.05, 0.1) is 20.4 Å². The predicted molar refractivity (Wildman–Crippen MR) is 114 cm³/mol. The van der Waals surface area contributed by atoms with Crippen LogP contribution < -0.4 is 15.0 Å². The molecule has 1 fully saturated rings. The summed E-state index contributed by atoms with van der Waals surface area (Å²) in [4.78, 5) is 14.7. The second-order valence-electron chi connectivity index (χ2n) is 7.93. The molecule has 0 spiro atoms. The third kappa shape index (κ3) is 3.62. The Morgan fingerprint density at radius 3 is 2.41 bits per heavy atom. The molecule has 0 saturated carbocycles. The molecule has 7 nitrogen and oxygen atoms in total. The fourth-order valence-corrected chi connectivity index (χ4v) is 4.28. The van der Waals surface area contributed by atoms with Crippen LogP contribution in [0.3, 0.4) is 0 Å². The van der Waals surface area contributed by atoms with Gasteiger partial charge in [0.2, 0.25) is 0 Å². The molecule has 0 amide bonds. The number of aromatic amines is 1. The summed E-state index contributed by atoms with van der Waals surface area (Å²) in [6, 6.07) is 4.08. The quantitative estimate of drug-likeness (QED) is 0.718. The van der Waals surface area contributed by atoms with Gasteiger partial charge in [-0.3, -0.25) is 9.89 Å². The number of aryl methyl sites for hydroxylation is 1. The van der Waals surface area contributed by atoms with Crippen molar-refractivity contribution >= 4 is 10.9 Å². The fourth-order valence-electron chi connectivity index (χ4n) is 4.28. The summed E-state index contributed by atoms with van der Waals surface area (Å²) in [6.45, 7) is 2.26. The number of nitrogens with one attached hydrogen (secondary N) is 1. The molecule has 154 valence electrons. The van der Waals surface area contributed by atoms with E-state index in [9.17, 15) is 4.79 Å². The maximum absolute atomic E-state index is 12.4. The second kappa shape index (κ2) is 7.91. The molecule has 1 aliphatic rings. The van der Waals surface area contributed by atoms with Gasteiger partial charge in [-0.1, -0.05) is 0 Å². The van der Waals surface area contributed by atoms with Gasteiger partial charge >= 0.3 is 0 Å². The molecule has 1 saturated heterocycles. The molecule has 0 atom stereocenters. The van der Waals surface area contributed by atoms with Crippen molar-refractivity contribution in [3.63, 3.8) is 0 Å². The number of benzene rings is 1. The van der Waals surface area contributed by atoms with E-state index in [1.54, 1.807) is 32.0 Å². The molecule has 3 aromatic rings. The highest BCUT2D eigenvalue weighted by molar-refractivity contribution is 5.94. The Morgan fingerprint density at radius 2 is 1.79 bits per heavy atom. The van der Waals surface area contributed by atoms with Crippen LogP contribution in [0.15, 0.2) is 29.3 Å². The Labute approximate surface area is 170 Å². The zero-order valence-electron chi connectivity index (χ0n) is 17.5. The highest BCUT2D eigenvalue weighted by Crippen LogP contribution is 2.39. The summed E-state index contributed by atoms with van der Waals surface area (Å²) >= 11 is 0. The van der Waals surface area contributed by atoms with E-state index in [0.29, 0.717) is 11.4 Å². The summed E-state index contributed by atoms with van der Waals surface area (Å²) in [6.07, 6.45) is 6.83. The molecule has 1 aromatic carbocycles. The lowest BCUT2D eigenvalue weighted by Gasteiger charge is -2.29. The summed E-state index contributed by atoms with van der Waals surface area (Å²) in [7, 11) is 7.32. The van der Waals surface area contributed by atoms with Crippen molar-refractivity contribution in [2.45, 2.75) is 19.3 Å². The second-order valence-corrected chi connectivity index (χ2v) is 7.93. The molecule has 0 unspecified atom stereocenters. The Bertz CT molecular complexity index is 1050. The van der Waals surface area contributed by atoms with Gasteiger partial charge < -0.3 is 18.9 Å². The third-order valence-electron chi connectivity index (χ3n) is 6.04. The van der Waals surface area contributed by atoms with Crippen LogP contribution in [-0.2, 0) is 13.5 Å². The van der Waals surface area contributed by atoms with E-state index >= 15 is 0 Å². The minimum Gasteiger partial charge on any atom is -0.496 e. The van der Waals surface area contributed by atoms with Crippen molar-refractivity contribution < 1.29 is 9.47 Å². The highest BCUT2D eigenvalue weighted by Gasteiger charge is 2.22. The lowest BCUT2D eigenvalue weighted by atomic mass is 9.88. The molecular weight excluding hydrogens is 368 g/mol. The van der Waals surface area contributed by atoms with E-state index in [0.717, 1.165) is 53.1 Å². The van der Waals surface area contributed by atoms with Gasteiger partial charge in [0.15, 0.2) is 0 Å². The first-order chi connectivity index (χ1) is 14.0. The largest absolute Gasteiger partial charge is 0.496 e. The summed E-state index contributed by atoms with van der Waals surface area (Å²) in [5.74, 6) is 2.27. The Balaban J connectivity index is 1.78. The van der Waals surface area contributed by atoms with Crippen LogP contribution in [0.5, 0.6) is 11.5 Å². The minimum atomic E-state index is -0.0981. The van der Waals surface area contributed by atoms with Crippen LogP contribution in [0.1, 0.15) is 18.4 Å². The average Bonchev–Trinajstić information content (AvgIpc) is 3.22. The first kappa shape index (κ1) is 19.5. The lowest BCUT2D eigenvalue weighted by Crippen LogP contribution is -2.31. The number of piperidine rings is 1. The van der Waals surface area contributed by atoms with Crippen molar-refractivity contribution in [2.24, 2.45) is 13.0 Å². The van der Waals surface area contributed by atoms with Gasteiger partial charge in [0.25, 0.3) is 5.56 Å². The molecule has 3 heterocycles. The first-order valence-electron chi connectivity index (χ1n) is 9.98. The molecular formula is C22H28N4O3. The molecule has 0 bridgehead atoms. The smallest absolute Gasteiger partial charge is 0.276 e. The molecule has 2 aromatic heterocycles. The summed E-state index contributed by atoms with van der Waals surface area (Å²) < 4.78 is 13.1. The van der Waals surface area contributed by atoms with E-state index in [4.69, 9.17) is 9.47 Å². The number of nitrogens with zero attached hydrogens (tertiary/aromatic N) is 3. The lowest BCUT2D eigenvalue weighted by molar-refractivity contribution is 0.217. The number of likely N-dealkylation sites (tertiary alicyclic amines) is 1. The number of ether oxygens (including phenoxy) is 2. The van der Waals surface area contributed by atoms with Crippen molar-refractivity contribution in [1.82, 2.24) is 19.7 Å². The standard InChI is InChI=1S/C22H28N4O3/c1-25-7-5-14(6-8-25)9-16-19(28-3)10-15(11-20(16)29-4)18-13-26(2)22(27)21-17(18)12-23-24-21/h10-14H,5-9H2,1-4H3,(H,23,24). The normalized spacial score (nSPS) is 15.7. The number of fused-ring (bicyclic) bond motifs is 1. The molecule has 1 aliphatic heterocycles. The van der Waals surface area contributed by atoms with Crippen LogP contribution >= 0.6 is 0 Å². The van der Waals surface area contributed by atoms with E-state index in [1.807, 2.05) is 18.3 Å². The Hall–Kier alpha value is -2.80. The third-order valence-corrected chi connectivity index (χ3v) is 6.04. The van der Waals surface area contributed by atoms with Crippen LogP contribution in [0.2, 0.25) is 0 Å². The Morgan fingerprint density at radius 1 is 1.14 bits per heavy atom. The number of hydrogen-bond donors (Lipinski definition) is 1. The van der Waals surface area contributed by atoms with Gasteiger partial charge in [0, 0.05) is 29.8 Å². The van der Waals surface area contributed by atoms with Crippen LogP contribution in [0.25, 0.3) is 22.0 Å². The molecule has 29 heavy (non-hydrogen) atoms. The topological polar surface area (TPSA) is 72.4 Å². The number of H-pyrrole nitrogens is 1. The minimum absolute atomic E-state index is 0.0981. The predicted octanol–water partition coefficient (Wildman–Crippen LogP) is 2.83. The van der Waals surface area contributed by atoms with E-state index in [-0.39, 0.29) is 5.56 Å². The molecule has 0 aliphatic carbocycles. The van der Waals surface area contributed by atoms with Crippen LogP contribution in [-0.4, -0.2) is 54.0 Å². The molecule has 1 N–H and O–H groups in total. The van der Waals surface area contributed by atoms with Crippen molar-refractivity contribution in [3.8, 4) is 22.6 Å². The number of methoxy groups -OCH3 is 2. The van der Waals surface area contributed by atoms with Gasteiger partial charge in [-0.15, -0.1) is 0 Å². The van der Waals surface area contributed by atoms with Crippen molar-refractivity contribution in [2.75, 3.05) is 34.4 Å². The van der Waals surface area contributed by atoms with E-state index < -0.39 is 0 Å². The van der Waals surface area contributed by atoms with E-state index in [2.05, 4.69) is 22.1 Å². The van der Waals surface area contributed by atoms with Crippen molar-refractivity contribution in [3.05, 3.63) is 40.4 Å². The van der Waals surface area contributed by atoms with E-state index in [1.165, 1.54) is 12.8 Å². The number of aromatic nitrogens is 3. The van der Waals surface area contributed by atoms with Gasteiger partial charge in [0.1, 0.15) is 17.0 Å². The number of pyridine rings is 1. The average molecular weight is 396 g/mol. The van der Waals surface area contributed by atoms with Gasteiger partial charge in [-0.2, -0.15) is 5.10 Å². The number of rotatable bonds is 5. The van der Waals surface area contributed by atoms with Gasteiger partial charge in [-0.05, 0) is 63.0 Å². The summed E-state index contributed by atoms with van der Waals surface area (Å²) in [5.41, 5.74) is 3.37. The summed E-state index contributed by atoms with van der Waals surface area (Å²) in [5, 5.41) is 7.68. The molecule has 7 heteroatoms. The number of hydrogen-bond acceptors (Lipinski definition) is 5. The van der Waals surface area contributed by atoms with Gasteiger partial charge in [-0.25, -0.2) is 0 Å². The maximum atomic E-state index is 12.4. The fraction of sp³-hybridized carbons (Fsp3) is 0.455. The molecule has 4 rings (SSSR count). The zero-order chi connectivity index (χ0) is 20.5. The van der Waals surface area contributed by atoms with Crippen LogP contribution in [0, 0.1) is 5.92 Å². The monoisotopic (exact) mass is 396 g/mol.